The van der Waals surface area contributed by atoms with Crippen molar-refractivity contribution in [2.24, 2.45) is 0 Å². The molecule has 4 heteroatoms. The Bertz CT molecular complexity index is 742. The highest BCUT2D eigenvalue weighted by molar-refractivity contribution is 5.90. The third-order valence-corrected chi connectivity index (χ3v) is 4.78. The Morgan fingerprint density at radius 3 is 2.72 bits per heavy atom. The number of carbonyl (C=O) groups excluding carboxylic acids is 1. The summed E-state index contributed by atoms with van der Waals surface area (Å²) in [6, 6.07) is 14.6. The van der Waals surface area contributed by atoms with E-state index < -0.39 is 0 Å². The summed E-state index contributed by atoms with van der Waals surface area (Å²) in [5.41, 5.74) is 6.07. The third kappa shape index (κ3) is 4.83. The number of hydrogen-bond donors (Lipinski definition) is 2. The Morgan fingerprint density at radius 2 is 1.92 bits per heavy atom. The van der Waals surface area contributed by atoms with Gasteiger partial charge in [-0.25, -0.2) is 4.79 Å². The van der Waals surface area contributed by atoms with E-state index in [9.17, 15) is 4.79 Å². The van der Waals surface area contributed by atoms with Crippen LogP contribution in [0.5, 0.6) is 0 Å². The van der Waals surface area contributed by atoms with Gasteiger partial charge in [-0.1, -0.05) is 42.0 Å². The molecule has 4 nitrogen and oxygen atoms in total. The Morgan fingerprint density at radius 1 is 1.12 bits per heavy atom. The molecule has 0 radical (unpaired) electrons. The maximum atomic E-state index is 12.0. The number of carbonyl (C=O) groups is 1. The van der Waals surface area contributed by atoms with Gasteiger partial charge >= 0.3 is 6.03 Å². The molecule has 0 saturated carbocycles. The average Bonchev–Trinajstić information content (AvgIpc) is 2.61. The van der Waals surface area contributed by atoms with E-state index in [1.807, 2.05) is 19.1 Å². The number of rotatable bonds is 5. The summed E-state index contributed by atoms with van der Waals surface area (Å²) in [7, 11) is 0. The monoisotopic (exact) mass is 337 g/mol. The van der Waals surface area contributed by atoms with Gasteiger partial charge in [0.05, 0.1) is 0 Å². The van der Waals surface area contributed by atoms with Gasteiger partial charge in [0.2, 0.25) is 0 Å². The van der Waals surface area contributed by atoms with Crippen molar-refractivity contribution >= 4 is 11.7 Å². The standard InChI is InChI=1S/C21H27N3O/c1-16-8-9-20(17(2)14-16)23-21(25)22-11-5-12-24-13-10-18-6-3-4-7-19(18)15-24/h3-4,6-9,14H,5,10-13,15H2,1-2H3,(H2,22,23,25). The highest BCUT2D eigenvalue weighted by atomic mass is 16.2. The van der Waals surface area contributed by atoms with Crippen molar-refractivity contribution < 1.29 is 4.79 Å². The molecule has 25 heavy (non-hydrogen) atoms. The van der Waals surface area contributed by atoms with Gasteiger partial charge in [-0.15, -0.1) is 0 Å². The molecule has 0 fully saturated rings. The van der Waals surface area contributed by atoms with Crippen molar-refractivity contribution in [1.82, 2.24) is 10.2 Å². The van der Waals surface area contributed by atoms with Gasteiger partial charge in [-0.3, -0.25) is 4.90 Å². The molecule has 2 amide bonds. The number of anilines is 1. The molecule has 0 unspecified atom stereocenters. The Hall–Kier alpha value is -2.33. The Balaban J connectivity index is 1.38. The summed E-state index contributed by atoms with van der Waals surface area (Å²) in [6.45, 7) is 7.89. The van der Waals surface area contributed by atoms with E-state index in [1.165, 1.54) is 16.7 Å². The van der Waals surface area contributed by atoms with E-state index >= 15 is 0 Å². The zero-order valence-electron chi connectivity index (χ0n) is 15.1. The van der Waals surface area contributed by atoms with Crippen LogP contribution in [0.15, 0.2) is 42.5 Å². The van der Waals surface area contributed by atoms with E-state index in [-0.39, 0.29) is 6.03 Å². The molecule has 0 bridgehead atoms. The smallest absolute Gasteiger partial charge is 0.319 e. The predicted molar refractivity (Wildman–Crippen MR) is 103 cm³/mol. The maximum Gasteiger partial charge on any atom is 0.319 e. The van der Waals surface area contributed by atoms with Gasteiger partial charge in [-0.2, -0.15) is 0 Å². The van der Waals surface area contributed by atoms with Gasteiger partial charge in [0.1, 0.15) is 0 Å². The lowest BCUT2D eigenvalue weighted by Crippen LogP contribution is -2.35. The first-order valence-electron chi connectivity index (χ1n) is 9.03. The van der Waals surface area contributed by atoms with Gasteiger partial charge in [0, 0.05) is 31.9 Å². The third-order valence-electron chi connectivity index (χ3n) is 4.78. The van der Waals surface area contributed by atoms with Crippen LogP contribution in [0.4, 0.5) is 10.5 Å². The fraction of sp³-hybridized carbons (Fsp3) is 0.381. The van der Waals surface area contributed by atoms with Crippen molar-refractivity contribution in [2.75, 3.05) is 25.0 Å². The quantitative estimate of drug-likeness (QED) is 0.814. The molecule has 1 heterocycles. The normalized spacial score (nSPS) is 14.0. The second-order valence-corrected chi connectivity index (χ2v) is 6.85. The van der Waals surface area contributed by atoms with E-state index in [1.54, 1.807) is 0 Å². The summed E-state index contributed by atoms with van der Waals surface area (Å²) in [5, 5.41) is 5.88. The first-order valence-corrected chi connectivity index (χ1v) is 9.03. The topological polar surface area (TPSA) is 44.4 Å². The van der Waals surface area contributed by atoms with E-state index in [2.05, 4.69) is 52.8 Å². The minimum absolute atomic E-state index is 0.129. The zero-order chi connectivity index (χ0) is 17.6. The van der Waals surface area contributed by atoms with Crippen LogP contribution in [0.1, 0.15) is 28.7 Å². The van der Waals surface area contributed by atoms with E-state index in [4.69, 9.17) is 0 Å². The van der Waals surface area contributed by atoms with Crippen molar-refractivity contribution in [3.8, 4) is 0 Å². The van der Waals surface area contributed by atoms with Gasteiger partial charge in [-0.05, 0) is 49.4 Å². The number of aryl methyl sites for hydroxylation is 2. The second kappa shape index (κ2) is 8.17. The maximum absolute atomic E-state index is 12.0. The molecule has 0 saturated heterocycles. The van der Waals surface area contributed by atoms with Crippen LogP contribution < -0.4 is 10.6 Å². The Labute approximate surface area is 150 Å². The second-order valence-electron chi connectivity index (χ2n) is 6.85. The lowest BCUT2D eigenvalue weighted by atomic mass is 10.00. The fourth-order valence-electron chi connectivity index (χ4n) is 3.37. The molecular formula is C21H27N3O. The molecule has 132 valence electrons. The Kier molecular flexibility index (Phi) is 5.71. The van der Waals surface area contributed by atoms with Gasteiger partial charge < -0.3 is 10.6 Å². The van der Waals surface area contributed by atoms with Crippen molar-refractivity contribution in [3.63, 3.8) is 0 Å². The average molecular weight is 337 g/mol. The fourth-order valence-corrected chi connectivity index (χ4v) is 3.37. The lowest BCUT2D eigenvalue weighted by molar-refractivity contribution is 0.242. The van der Waals surface area contributed by atoms with Gasteiger partial charge in [0.25, 0.3) is 0 Å². The summed E-state index contributed by atoms with van der Waals surface area (Å²) < 4.78 is 0. The molecule has 0 spiro atoms. The van der Waals surface area contributed by atoms with E-state index in [0.717, 1.165) is 43.7 Å². The summed E-state index contributed by atoms with van der Waals surface area (Å²) in [4.78, 5) is 14.5. The van der Waals surface area contributed by atoms with Crippen LogP contribution >= 0.6 is 0 Å². The number of benzene rings is 2. The summed E-state index contributed by atoms with van der Waals surface area (Å²) in [6.07, 6.45) is 2.08. The molecule has 0 aliphatic carbocycles. The molecule has 0 atom stereocenters. The van der Waals surface area contributed by atoms with Gasteiger partial charge in [0.15, 0.2) is 0 Å². The van der Waals surface area contributed by atoms with Crippen LogP contribution in [-0.2, 0) is 13.0 Å². The number of urea groups is 1. The molecule has 3 rings (SSSR count). The molecule has 2 aromatic carbocycles. The van der Waals surface area contributed by atoms with Crippen molar-refractivity contribution in [3.05, 3.63) is 64.7 Å². The number of amides is 2. The van der Waals surface area contributed by atoms with E-state index in [0.29, 0.717) is 6.54 Å². The molecule has 2 aromatic rings. The SMILES string of the molecule is Cc1ccc(NC(=O)NCCCN2CCc3ccccc3C2)c(C)c1. The molecular weight excluding hydrogens is 310 g/mol. The number of nitrogens with zero attached hydrogens (tertiary/aromatic N) is 1. The lowest BCUT2D eigenvalue weighted by Gasteiger charge is -2.28. The summed E-state index contributed by atoms with van der Waals surface area (Å²) in [5.74, 6) is 0. The predicted octanol–water partition coefficient (Wildman–Crippen LogP) is 3.87. The van der Waals surface area contributed by atoms with Crippen LogP contribution in [0.2, 0.25) is 0 Å². The number of nitrogens with one attached hydrogen (secondary N) is 2. The minimum Gasteiger partial charge on any atom is -0.338 e. The molecule has 2 N–H and O–H groups in total. The molecule has 0 aromatic heterocycles. The van der Waals surface area contributed by atoms with Crippen molar-refractivity contribution in [1.29, 1.82) is 0 Å². The molecule has 1 aliphatic rings. The summed E-state index contributed by atoms with van der Waals surface area (Å²) >= 11 is 0. The number of hydrogen-bond acceptors (Lipinski definition) is 2. The first kappa shape index (κ1) is 17.5. The highest BCUT2D eigenvalue weighted by Crippen LogP contribution is 2.18. The van der Waals surface area contributed by atoms with Crippen LogP contribution in [0, 0.1) is 13.8 Å². The zero-order valence-corrected chi connectivity index (χ0v) is 15.1. The van der Waals surface area contributed by atoms with Crippen LogP contribution in [-0.4, -0.2) is 30.6 Å². The minimum atomic E-state index is -0.129. The van der Waals surface area contributed by atoms with Crippen LogP contribution in [0.3, 0.4) is 0 Å². The van der Waals surface area contributed by atoms with Crippen LogP contribution in [0.25, 0.3) is 0 Å². The highest BCUT2D eigenvalue weighted by Gasteiger charge is 2.14. The number of fused-ring (bicyclic) bond motifs is 1. The first-order chi connectivity index (χ1) is 12.1. The van der Waals surface area contributed by atoms with Crippen molar-refractivity contribution in [2.45, 2.75) is 33.2 Å². The largest absolute Gasteiger partial charge is 0.338 e. The molecule has 1 aliphatic heterocycles.